The SMILES string of the molecule is COCCNCC(O)c1ccc(Br)c(Br)c1. The van der Waals surface area contributed by atoms with E-state index in [1.54, 1.807) is 7.11 Å². The fourth-order valence-electron chi connectivity index (χ4n) is 1.25. The first-order chi connectivity index (χ1) is 7.65. The van der Waals surface area contributed by atoms with Crippen molar-refractivity contribution in [3.8, 4) is 0 Å². The van der Waals surface area contributed by atoms with E-state index in [1.807, 2.05) is 18.2 Å². The summed E-state index contributed by atoms with van der Waals surface area (Å²) in [5.74, 6) is 0. The summed E-state index contributed by atoms with van der Waals surface area (Å²) in [6, 6.07) is 5.72. The molecule has 0 aliphatic heterocycles. The number of aliphatic hydroxyl groups is 1. The number of benzene rings is 1. The lowest BCUT2D eigenvalue weighted by molar-refractivity contribution is 0.161. The molecule has 0 aromatic heterocycles. The van der Waals surface area contributed by atoms with Crippen molar-refractivity contribution in [1.29, 1.82) is 0 Å². The van der Waals surface area contributed by atoms with Gasteiger partial charge in [0.1, 0.15) is 0 Å². The van der Waals surface area contributed by atoms with Gasteiger partial charge in [-0.25, -0.2) is 0 Å². The first-order valence-corrected chi connectivity index (χ1v) is 6.56. The smallest absolute Gasteiger partial charge is 0.0914 e. The number of halogens is 2. The van der Waals surface area contributed by atoms with E-state index >= 15 is 0 Å². The van der Waals surface area contributed by atoms with Crippen molar-refractivity contribution in [2.45, 2.75) is 6.10 Å². The largest absolute Gasteiger partial charge is 0.387 e. The van der Waals surface area contributed by atoms with Gasteiger partial charge in [0.2, 0.25) is 0 Å². The maximum Gasteiger partial charge on any atom is 0.0914 e. The number of ether oxygens (including phenoxy) is 1. The molecule has 90 valence electrons. The standard InChI is InChI=1S/C11H15Br2NO2/c1-16-5-4-14-7-11(15)8-2-3-9(12)10(13)6-8/h2-3,6,11,14-15H,4-5,7H2,1H3. The second-order valence-corrected chi connectivity index (χ2v) is 5.09. The van der Waals surface area contributed by atoms with Crippen LogP contribution in [0.5, 0.6) is 0 Å². The van der Waals surface area contributed by atoms with Gasteiger partial charge in [-0.05, 0) is 49.6 Å². The average molecular weight is 353 g/mol. The third-order valence-corrected chi connectivity index (χ3v) is 4.03. The number of nitrogens with one attached hydrogen (secondary N) is 1. The van der Waals surface area contributed by atoms with E-state index in [2.05, 4.69) is 37.2 Å². The summed E-state index contributed by atoms with van der Waals surface area (Å²) in [5.41, 5.74) is 0.889. The van der Waals surface area contributed by atoms with E-state index in [-0.39, 0.29) is 0 Å². The van der Waals surface area contributed by atoms with Gasteiger partial charge >= 0.3 is 0 Å². The first kappa shape index (κ1) is 14.1. The lowest BCUT2D eigenvalue weighted by Crippen LogP contribution is -2.24. The average Bonchev–Trinajstić information content (AvgIpc) is 2.28. The highest BCUT2D eigenvalue weighted by Gasteiger charge is 2.08. The zero-order valence-electron chi connectivity index (χ0n) is 9.04. The molecule has 0 spiro atoms. The van der Waals surface area contributed by atoms with Crippen molar-refractivity contribution < 1.29 is 9.84 Å². The molecule has 1 aromatic carbocycles. The van der Waals surface area contributed by atoms with Crippen LogP contribution in [0, 0.1) is 0 Å². The molecule has 1 unspecified atom stereocenters. The molecular formula is C11H15Br2NO2. The van der Waals surface area contributed by atoms with Crippen LogP contribution in [-0.4, -0.2) is 31.9 Å². The predicted octanol–water partition coefficient (Wildman–Crippen LogP) is 2.48. The van der Waals surface area contributed by atoms with E-state index in [9.17, 15) is 5.11 Å². The molecule has 2 N–H and O–H groups in total. The van der Waals surface area contributed by atoms with Crippen LogP contribution in [0.2, 0.25) is 0 Å². The van der Waals surface area contributed by atoms with Gasteiger partial charge in [-0.15, -0.1) is 0 Å². The van der Waals surface area contributed by atoms with Crippen LogP contribution in [0.1, 0.15) is 11.7 Å². The third-order valence-electron chi connectivity index (χ3n) is 2.15. The predicted molar refractivity (Wildman–Crippen MR) is 71.5 cm³/mol. The summed E-state index contributed by atoms with van der Waals surface area (Å²) in [6.07, 6.45) is -0.499. The molecule has 0 bridgehead atoms. The minimum Gasteiger partial charge on any atom is -0.387 e. The Morgan fingerprint density at radius 2 is 2.12 bits per heavy atom. The molecule has 5 heteroatoms. The first-order valence-electron chi connectivity index (χ1n) is 4.98. The van der Waals surface area contributed by atoms with Crippen molar-refractivity contribution in [2.75, 3.05) is 26.8 Å². The van der Waals surface area contributed by atoms with Gasteiger partial charge in [-0.2, -0.15) is 0 Å². The van der Waals surface area contributed by atoms with Crippen LogP contribution in [0.3, 0.4) is 0 Å². The Kier molecular flexibility index (Phi) is 6.53. The molecule has 1 aromatic rings. The Morgan fingerprint density at radius 3 is 2.75 bits per heavy atom. The number of methoxy groups -OCH3 is 1. The van der Waals surface area contributed by atoms with Gasteiger partial charge in [0.25, 0.3) is 0 Å². The van der Waals surface area contributed by atoms with Gasteiger partial charge in [-0.1, -0.05) is 6.07 Å². The Labute approximate surface area is 112 Å². The van der Waals surface area contributed by atoms with Crippen molar-refractivity contribution >= 4 is 31.9 Å². The molecule has 0 radical (unpaired) electrons. The minimum absolute atomic E-state index is 0.499. The third kappa shape index (κ3) is 4.51. The minimum atomic E-state index is -0.499. The number of aliphatic hydroxyl groups excluding tert-OH is 1. The van der Waals surface area contributed by atoms with Gasteiger partial charge < -0.3 is 15.2 Å². The maximum absolute atomic E-state index is 9.90. The fraction of sp³-hybridized carbons (Fsp3) is 0.455. The highest BCUT2D eigenvalue weighted by molar-refractivity contribution is 9.13. The number of hydrogen-bond acceptors (Lipinski definition) is 3. The molecule has 0 saturated carbocycles. The monoisotopic (exact) mass is 351 g/mol. The molecule has 0 saturated heterocycles. The summed E-state index contributed by atoms with van der Waals surface area (Å²) < 4.78 is 6.83. The van der Waals surface area contributed by atoms with Crippen molar-refractivity contribution in [1.82, 2.24) is 5.32 Å². The molecular weight excluding hydrogens is 338 g/mol. The maximum atomic E-state index is 9.90. The van der Waals surface area contributed by atoms with Crippen molar-refractivity contribution in [3.63, 3.8) is 0 Å². The summed E-state index contributed by atoms with van der Waals surface area (Å²) in [5, 5.41) is 13.0. The van der Waals surface area contributed by atoms with Crippen molar-refractivity contribution in [3.05, 3.63) is 32.7 Å². The van der Waals surface area contributed by atoms with Crippen LogP contribution < -0.4 is 5.32 Å². The summed E-state index contributed by atoms with van der Waals surface area (Å²) >= 11 is 6.80. The lowest BCUT2D eigenvalue weighted by Gasteiger charge is -2.12. The Morgan fingerprint density at radius 1 is 1.38 bits per heavy atom. The van der Waals surface area contributed by atoms with Crippen LogP contribution in [0.25, 0.3) is 0 Å². The Hall–Kier alpha value is 0.0600. The van der Waals surface area contributed by atoms with Gasteiger partial charge in [0.15, 0.2) is 0 Å². The quantitative estimate of drug-likeness (QED) is 0.773. The highest BCUT2D eigenvalue weighted by atomic mass is 79.9. The number of rotatable bonds is 6. The summed E-state index contributed by atoms with van der Waals surface area (Å²) in [7, 11) is 1.66. The molecule has 0 aliphatic rings. The van der Waals surface area contributed by atoms with E-state index in [0.29, 0.717) is 13.2 Å². The lowest BCUT2D eigenvalue weighted by atomic mass is 10.1. The topological polar surface area (TPSA) is 41.5 Å². The molecule has 1 rings (SSSR count). The van der Waals surface area contributed by atoms with E-state index < -0.39 is 6.10 Å². The Balaban J connectivity index is 2.46. The van der Waals surface area contributed by atoms with Crippen LogP contribution in [-0.2, 0) is 4.74 Å². The van der Waals surface area contributed by atoms with Gasteiger partial charge in [-0.3, -0.25) is 0 Å². The van der Waals surface area contributed by atoms with Crippen molar-refractivity contribution in [2.24, 2.45) is 0 Å². The molecule has 0 aliphatic carbocycles. The van der Waals surface area contributed by atoms with Crippen LogP contribution in [0.15, 0.2) is 27.1 Å². The molecule has 3 nitrogen and oxygen atoms in total. The molecule has 16 heavy (non-hydrogen) atoms. The van der Waals surface area contributed by atoms with E-state index in [0.717, 1.165) is 21.1 Å². The summed E-state index contributed by atoms with van der Waals surface area (Å²) in [4.78, 5) is 0. The van der Waals surface area contributed by atoms with Crippen LogP contribution in [0.4, 0.5) is 0 Å². The normalized spacial score (nSPS) is 12.8. The van der Waals surface area contributed by atoms with E-state index in [4.69, 9.17) is 4.74 Å². The highest BCUT2D eigenvalue weighted by Crippen LogP contribution is 2.26. The van der Waals surface area contributed by atoms with Gasteiger partial charge in [0, 0.05) is 29.1 Å². The molecule has 0 amide bonds. The summed E-state index contributed by atoms with van der Waals surface area (Å²) in [6.45, 7) is 1.92. The zero-order valence-corrected chi connectivity index (χ0v) is 12.2. The Bertz CT molecular complexity index is 334. The zero-order chi connectivity index (χ0) is 12.0. The van der Waals surface area contributed by atoms with Crippen LogP contribution >= 0.6 is 31.9 Å². The second-order valence-electron chi connectivity index (χ2n) is 3.39. The fourth-order valence-corrected chi connectivity index (χ4v) is 1.89. The number of hydrogen-bond donors (Lipinski definition) is 2. The second kappa shape index (κ2) is 7.40. The molecule has 1 atom stereocenters. The molecule has 0 fully saturated rings. The van der Waals surface area contributed by atoms with E-state index in [1.165, 1.54) is 0 Å². The molecule has 0 heterocycles. The van der Waals surface area contributed by atoms with Gasteiger partial charge in [0.05, 0.1) is 12.7 Å².